The zero-order chi connectivity index (χ0) is 12.8. The van der Waals surface area contributed by atoms with Crippen LogP contribution in [0.4, 0.5) is 0 Å². The van der Waals surface area contributed by atoms with Crippen molar-refractivity contribution >= 4 is 34.8 Å². The first kappa shape index (κ1) is 14.0. The van der Waals surface area contributed by atoms with Gasteiger partial charge in [0.2, 0.25) is 5.91 Å². The smallest absolute Gasteiger partial charge is 0.261 e. The SMILES string of the molecule is CC(C)C(=O)NCCNC(=O)c1ccc(Cl)s1. The lowest BCUT2D eigenvalue weighted by Gasteiger charge is -2.07. The number of hydrogen-bond acceptors (Lipinski definition) is 3. The molecule has 6 heteroatoms. The predicted molar refractivity (Wildman–Crippen MR) is 69.5 cm³/mol. The van der Waals surface area contributed by atoms with Crippen molar-refractivity contribution in [3.05, 3.63) is 21.3 Å². The lowest BCUT2D eigenvalue weighted by molar-refractivity contribution is -0.123. The van der Waals surface area contributed by atoms with E-state index in [4.69, 9.17) is 11.6 Å². The van der Waals surface area contributed by atoms with Crippen LogP contribution in [-0.2, 0) is 4.79 Å². The van der Waals surface area contributed by atoms with Gasteiger partial charge in [0.15, 0.2) is 0 Å². The average molecular weight is 275 g/mol. The molecule has 0 aromatic carbocycles. The Morgan fingerprint density at radius 1 is 1.29 bits per heavy atom. The maximum atomic E-state index is 11.6. The van der Waals surface area contributed by atoms with Crippen LogP contribution >= 0.6 is 22.9 Å². The molecule has 0 aliphatic carbocycles. The summed E-state index contributed by atoms with van der Waals surface area (Å²) in [6.07, 6.45) is 0. The molecule has 0 unspecified atom stereocenters. The van der Waals surface area contributed by atoms with Gasteiger partial charge in [0.1, 0.15) is 0 Å². The summed E-state index contributed by atoms with van der Waals surface area (Å²) in [6, 6.07) is 3.36. The van der Waals surface area contributed by atoms with E-state index in [2.05, 4.69) is 10.6 Å². The third kappa shape index (κ3) is 4.75. The van der Waals surface area contributed by atoms with E-state index in [0.717, 1.165) is 0 Å². The van der Waals surface area contributed by atoms with Crippen LogP contribution in [0.1, 0.15) is 23.5 Å². The number of hydrogen-bond donors (Lipinski definition) is 2. The van der Waals surface area contributed by atoms with E-state index in [1.165, 1.54) is 11.3 Å². The zero-order valence-electron chi connectivity index (χ0n) is 9.75. The highest BCUT2D eigenvalue weighted by Gasteiger charge is 2.08. The van der Waals surface area contributed by atoms with Gasteiger partial charge in [-0.3, -0.25) is 9.59 Å². The largest absolute Gasteiger partial charge is 0.354 e. The van der Waals surface area contributed by atoms with Gasteiger partial charge in [-0.05, 0) is 12.1 Å². The van der Waals surface area contributed by atoms with Gasteiger partial charge >= 0.3 is 0 Å². The molecule has 1 rings (SSSR count). The van der Waals surface area contributed by atoms with E-state index in [1.54, 1.807) is 12.1 Å². The molecule has 0 fully saturated rings. The van der Waals surface area contributed by atoms with E-state index >= 15 is 0 Å². The summed E-state index contributed by atoms with van der Waals surface area (Å²) in [5, 5.41) is 5.42. The van der Waals surface area contributed by atoms with Gasteiger partial charge in [-0.1, -0.05) is 25.4 Å². The van der Waals surface area contributed by atoms with Crippen molar-refractivity contribution in [2.45, 2.75) is 13.8 Å². The molecule has 2 N–H and O–H groups in total. The predicted octanol–water partition coefficient (Wildman–Crippen LogP) is 1.90. The van der Waals surface area contributed by atoms with Gasteiger partial charge in [-0.2, -0.15) is 0 Å². The topological polar surface area (TPSA) is 58.2 Å². The molecule has 4 nitrogen and oxygen atoms in total. The van der Waals surface area contributed by atoms with E-state index in [0.29, 0.717) is 22.3 Å². The maximum Gasteiger partial charge on any atom is 0.261 e. The summed E-state index contributed by atoms with van der Waals surface area (Å²) in [5.41, 5.74) is 0. The number of rotatable bonds is 5. The van der Waals surface area contributed by atoms with E-state index in [9.17, 15) is 9.59 Å². The minimum absolute atomic E-state index is 0.0154. The van der Waals surface area contributed by atoms with Crippen molar-refractivity contribution in [2.24, 2.45) is 5.92 Å². The Balaban J connectivity index is 2.23. The summed E-state index contributed by atoms with van der Waals surface area (Å²) in [6.45, 7) is 4.48. The first-order chi connectivity index (χ1) is 8.00. The van der Waals surface area contributed by atoms with Crippen molar-refractivity contribution in [3.8, 4) is 0 Å². The van der Waals surface area contributed by atoms with Crippen molar-refractivity contribution < 1.29 is 9.59 Å². The quantitative estimate of drug-likeness (QED) is 0.806. The molecule has 0 spiro atoms. The molecule has 0 radical (unpaired) electrons. The monoisotopic (exact) mass is 274 g/mol. The van der Waals surface area contributed by atoms with E-state index < -0.39 is 0 Å². The first-order valence-electron chi connectivity index (χ1n) is 5.32. The van der Waals surface area contributed by atoms with Crippen LogP contribution in [0.25, 0.3) is 0 Å². The summed E-state index contributed by atoms with van der Waals surface area (Å²) in [5.74, 6) is -0.221. The van der Waals surface area contributed by atoms with Crippen LogP contribution in [0.2, 0.25) is 4.34 Å². The Morgan fingerprint density at radius 2 is 1.94 bits per heavy atom. The fraction of sp³-hybridized carbons (Fsp3) is 0.455. The molecule has 0 saturated heterocycles. The summed E-state index contributed by atoms with van der Waals surface area (Å²) in [4.78, 5) is 23.4. The van der Waals surface area contributed by atoms with Gasteiger partial charge in [0.05, 0.1) is 9.21 Å². The standard InChI is InChI=1S/C11H15ClN2O2S/c1-7(2)10(15)13-5-6-14-11(16)8-3-4-9(12)17-8/h3-4,7H,5-6H2,1-2H3,(H,13,15)(H,14,16). The lowest BCUT2D eigenvalue weighted by atomic mass is 10.2. The van der Waals surface area contributed by atoms with Crippen molar-refractivity contribution in [1.82, 2.24) is 10.6 Å². The van der Waals surface area contributed by atoms with E-state index in [-0.39, 0.29) is 17.7 Å². The Hall–Kier alpha value is -1.07. The van der Waals surface area contributed by atoms with Gasteiger partial charge in [0, 0.05) is 19.0 Å². The van der Waals surface area contributed by atoms with Gasteiger partial charge in [-0.15, -0.1) is 11.3 Å². The fourth-order valence-electron chi connectivity index (χ4n) is 1.09. The third-order valence-corrected chi connectivity index (χ3v) is 3.26. The zero-order valence-corrected chi connectivity index (χ0v) is 11.3. The first-order valence-corrected chi connectivity index (χ1v) is 6.51. The molecular weight excluding hydrogens is 260 g/mol. The minimum Gasteiger partial charge on any atom is -0.354 e. The molecule has 2 amide bonds. The molecule has 94 valence electrons. The molecule has 1 heterocycles. The summed E-state index contributed by atoms with van der Waals surface area (Å²) < 4.78 is 0.586. The highest BCUT2D eigenvalue weighted by atomic mass is 35.5. The van der Waals surface area contributed by atoms with Crippen LogP contribution in [0.5, 0.6) is 0 Å². The maximum absolute atomic E-state index is 11.6. The Bertz CT molecular complexity index is 404. The molecule has 0 bridgehead atoms. The van der Waals surface area contributed by atoms with E-state index in [1.807, 2.05) is 13.8 Å². The molecule has 1 aromatic heterocycles. The minimum atomic E-state index is -0.166. The average Bonchev–Trinajstić information content (AvgIpc) is 2.70. The Kier molecular flexibility index (Phi) is 5.44. The molecule has 0 aliphatic rings. The van der Waals surface area contributed by atoms with Gasteiger partial charge in [0.25, 0.3) is 5.91 Å². The number of amides is 2. The highest BCUT2D eigenvalue weighted by Crippen LogP contribution is 2.20. The normalized spacial score (nSPS) is 10.4. The fourth-order valence-corrected chi connectivity index (χ4v) is 2.05. The highest BCUT2D eigenvalue weighted by molar-refractivity contribution is 7.17. The lowest BCUT2D eigenvalue weighted by Crippen LogP contribution is -2.36. The van der Waals surface area contributed by atoms with Crippen molar-refractivity contribution in [2.75, 3.05) is 13.1 Å². The number of nitrogens with one attached hydrogen (secondary N) is 2. The molecule has 17 heavy (non-hydrogen) atoms. The Morgan fingerprint density at radius 3 is 2.47 bits per heavy atom. The molecule has 0 aliphatic heterocycles. The number of carbonyl (C=O) groups excluding carboxylic acids is 2. The summed E-state index contributed by atoms with van der Waals surface area (Å²) in [7, 11) is 0. The van der Waals surface area contributed by atoms with Gasteiger partial charge < -0.3 is 10.6 Å². The Labute approximate surface area is 109 Å². The van der Waals surface area contributed by atoms with Crippen molar-refractivity contribution in [1.29, 1.82) is 0 Å². The van der Waals surface area contributed by atoms with Crippen molar-refractivity contribution in [3.63, 3.8) is 0 Å². The molecular formula is C11H15ClN2O2S. The molecule has 0 atom stereocenters. The van der Waals surface area contributed by atoms with Crippen LogP contribution in [0, 0.1) is 5.92 Å². The second-order valence-corrected chi connectivity index (χ2v) is 5.52. The summed E-state index contributed by atoms with van der Waals surface area (Å²) >= 11 is 6.95. The number of thiophene rings is 1. The molecule has 1 aromatic rings. The van der Waals surface area contributed by atoms with Crippen LogP contribution < -0.4 is 10.6 Å². The van der Waals surface area contributed by atoms with Gasteiger partial charge in [-0.25, -0.2) is 0 Å². The van der Waals surface area contributed by atoms with Crippen LogP contribution in [-0.4, -0.2) is 24.9 Å². The molecule has 0 saturated carbocycles. The van der Waals surface area contributed by atoms with Crippen LogP contribution in [0.15, 0.2) is 12.1 Å². The third-order valence-electron chi connectivity index (χ3n) is 2.03. The second-order valence-electron chi connectivity index (χ2n) is 3.81. The number of halogens is 1. The second kappa shape index (κ2) is 6.61. The number of carbonyl (C=O) groups is 2. The van der Waals surface area contributed by atoms with Crippen LogP contribution in [0.3, 0.4) is 0 Å².